The van der Waals surface area contributed by atoms with Crippen LogP contribution in [0.2, 0.25) is 0 Å². The van der Waals surface area contributed by atoms with Crippen molar-refractivity contribution in [2.24, 2.45) is 5.92 Å². The molecule has 2 aromatic heterocycles. The van der Waals surface area contributed by atoms with Gasteiger partial charge in [0.25, 0.3) is 0 Å². The van der Waals surface area contributed by atoms with Crippen molar-refractivity contribution >= 4 is 22.9 Å². The number of aromatic nitrogens is 4. The number of nitrogens with zero attached hydrogens (tertiary/aromatic N) is 5. The highest BCUT2D eigenvalue weighted by atomic mass is 16.5. The number of carbonyl (C=O) groups excluding carboxylic acids is 1. The van der Waals surface area contributed by atoms with Crippen molar-refractivity contribution in [1.29, 1.82) is 0 Å². The molecule has 1 atom stereocenters. The number of carbonyl (C=O) groups is 1. The summed E-state index contributed by atoms with van der Waals surface area (Å²) in [6.07, 6.45) is 8.91. The van der Waals surface area contributed by atoms with E-state index >= 15 is 0 Å². The lowest BCUT2D eigenvalue weighted by molar-refractivity contribution is -0.125. The highest BCUT2D eigenvalue weighted by Gasteiger charge is 2.29. The molecule has 0 aliphatic carbocycles. The second kappa shape index (κ2) is 10.4. The summed E-state index contributed by atoms with van der Waals surface area (Å²) in [5.74, 6) is 2.96. The number of ether oxygens (including phenoxy) is 1. The lowest BCUT2D eigenvalue weighted by atomic mass is 9.97. The van der Waals surface area contributed by atoms with E-state index < -0.39 is 0 Å². The van der Waals surface area contributed by atoms with Gasteiger partial charge in [-0.1, -0.05) is 18.6 Å². The van der Waals surface area contributed by atoms with Crippen LogP contribution in [0.25, 0.3) is 11.2 Å². The number of benzene rings is 1. The fourth-order valence-corrected chi connectivity index (χ4v) is 5.13. The third-order valence-electron chi connectivity index (χ3n) is 6.91. The van der Waals surface area contributed by atoms with Crippen molar-refractivity contribution in [3.8, 4) is 5.75 Å². The van der Waals surface area contributed by atoms with Gasteiger partial charge in [0.15, 0.2) is 17.0 Å². The number of nitrogens with one attached hydrogen (secondary N) is 1. The van der Waals surface area contributed by atoms with Crippen LogP contribution in [0.15, 0.2) is 30.6 Å². The van der Waals surface area contributed by atoms with Crippen LogP contribution in [-0.4, -0.2) is 51.7 Å². The van der Waals surface area contributed by atoms with Crippen molar-refractivity contribution in [2.45, 2.75) is 58.4 Å². The van der Waals surface area contributed by atoms with Gasteiger partial charge in [-0.2, -0.15) is 0 Å². The Labute approximate surface area is 200 Å². The van der Waals surface area contributed by atoms with E-state index in [0.717, 1.165) is 67.3 Å². The van der Waals surface area contributed by atoms with Gasteiger partial charge < -0.3 is 19.5 Å². The van der Waals surface area contributed by atoms with Crippen LogP contribution in [0.4, 0.5) is 5.82 Å². The minimum absolute atomic E-state index is 0.0421. The molecule has 4 heterocycles. The van der Waals surface area contributed by atoms with E-state index in [1.165, 1.54) is 24.8 Å². The minimum atomic E-state index is -0.0421. The summed E-state index contributed by atoms with van der Waals surface area (Å²) in [7, 11) is 0. The first-order valence-electron chi connectivity index (χ1n) is 12.7. The number of aryl methyl sites for hydroxylation is 2. The first-order valence-corrected chi connectivity index (χ1v) is 12.7. The molecule has 5 rings (SSSR count). The largest absolute Gasteiger partial charge is 0.494 e. The number of fused-ring (bicyclic) bond motifs is 3. The Balaban J connectivity index is 1.21. The maximum atomic E-state index is 13.0. The van der Waals surface area contributed by atoms with Crippen molar-refractivity contribution in [3.05, 3.63) is 42.0 Å². The third-order valence-corrected chi connectivity index (χ3v) is 6.91. The number of rotatable bonds is 7. The summed E-state index contributed by atoms with van der Waals surface area (Å²) in [6, 6.07) is 8.09. The molecular formula is C26H34N6O2. The van der Waals surface area contributed by atoms with Gasteiger partial charge in [0, 0.05) is 32.6 Å². The molecule has 8 heteroatoms. The van der Waals surface area contributed by atoms with Crippen LogP contribution in [0.1, 0.15) is 50.4 Å². The van der Waals surface area contributed by atoms with Crippen LogP contribution >= 0.6 is 0 Å². The molecule has 0 saturated carbocycles. The highest BCUT2D eigenvalue weighted by Crippen LogP contribution is 2.29. The van der Waals surface area contributed by atoms with Gasteiger partial charge in [-0.15, -0.1) is 0 Å². The first-order chi connectivity index (χ1) is 16.7. The molecule has 34 heavy (non-hydrogen) atoms. The summed E-state index contributed by atoms with van der Waals surface area (Å²) < 4.78 is 7.76. The van der Waals surface area contributed by atoms with Crippen LogP contribution in [0.3, 0.4) is 0 Å². The molecule has 0 radical (unpaired) electrons. The normalized spacial score (nSPS) is 18.4. The van der Waals surface area contributed by atoms with E-state index in [1.807, 2.05) is 19.1 Å². The summed E-state index contributed by atoms with van der Waals surface area (Å²) in [5, 5.41) is 3.15. The molecule has 0 spiro atoms. The zero-order valence-corrected chi connectivity index (χ0v) is 20.0. The van der Waals surface area contributed by atoms with Gasteiger partial charge in [-0.3, -0.25) is 4.79 Å². The monoisotopic (exact) mass is 462 g/mol. The van der Waals surface area contributed by atoms with E-state index in [4.69, 9.17) is 9.72 Å². The second-order valence-electron chi connectivity index (χ2n) is 9.26. The minimum Gasteiger partial charge on any atom is -0.494 e. The van der Waals surface area contributed by atoms with Gasteiger partial charge >= 0.3 is 0 Å². The maximum Gasteiger partial charge on any atom is 0.224 e. The third kappa shape index (κ3) is 4.86. The SMILES string of the molecule is CCOc1ccc(CCNC(=O)[C@H]2CCCN(c3ncnc4c3nc3n4CCCCC3)C2)cc1. The summed E-state index contributed by atoms with van der Waals surface area (Å²) in [4.78, 5) is 29.3. The van der Waals surface area contributed by atoms with E-state index in [1.54, 1.807) is 6.33 Å². The van der Waals surface area contributed by atoms with Gasteiger partial charge in [0.2, 0.25) is 5.91 Å². The molecule has 1 N–H and O–H groups in total. The molecule has 2 aliphatic heterocycles. The number of amides is 1. The molecule has 1 saturated heterocycles. The van der Waals surface area contributed by atoms with Crippen molar-refractivity contribution in [2.75, 3.05) is 31.1 Å². The average molecular weight is 463 g/mol. The number of anilines is 1. The molecule has 0 bridgehead atoms. The number of imidazole rings is 1. The Morgan fingerprint density at radius 1 is 1.12 bits per heavy atom. The van der Waals surface area contributed by atoms with E-state index in [2.05, 4.69) is 36.9 Å². The van der Waals surface area contributed by atoms with E-state index in [9.17, 15) is 4.79 Å². The molecule has 1 aromatic carbocycles. The fraction of sp³-hybridized carbons (Fsp3) is 0.538. The summed E-state index contributed by atoms with van der Waals surface area (Å²) >= 11 is 0. The molecule has 2 aliphatic rings. The number of hydrogen-bond donors (Lipinski definition) is 1. The Kier molecular flexibility index (Phi) is 6.92. The molecular weight excluding hydrogens is 428 g/mol. The average Bonchev–Trinajstić information content (AvgIpc) is 3.06. The van der Waals surface area contributed by atoms with Crippen molar-refractivity contribution in [3.63, 3.8) is 0 Å². The lowest BCUT2D eigenvalue weighted by Gasteiger charge is -2.32. The molecule has 8 nitrogen and oxygen atoms in total. The Hall–Kier alpha value is -3.16. The molecule has 180 valence electrons. The number of hydrogen-bond acceptors (Lipinski definition) is 6. The smallest absolute Gasteiger partial charge is 0.224 e. The predicted octanol–water partition coefficient (Wildman–Crippen LogP) is 3.53. The van der Waals surface area contributed by atoms with Crippen molar-refractivity contribution < 1.29 is 9.53 Å². The Morgan fingerprint density at radius 3 is 2.85 bits per heavy atom. The summed E-state index contributed by atoms with van der Waals surface area (Å²) in [6.45, 7) is 5.81. The first kappa shape index (κ1) is 22.6. The Morgan fingerprint density at radius 2 is 2.00 bits per heavy atom. The maximum absolute atomic E-state index is 13.0. The zero-order chi connectivity index (χ0) is 23.3. The lowest BCUT2D eigenvalue weighted by Crippen LogP contribution is -2.44. The topological polar surface area (TPSA) is 85.2 Å². The fourth-order valence-electron chi connectivity index (χ4n) is 5.13. The molecule has 0 unspecified atom stereocenters. The van der Waals surface area contributed by atoms with Crippen LogP contribution in [-0.2, 0) is 24.2 Å². The quantitative estimate of drug-likeness (QED) is 0.578. The number of piperidine rings is 1. The van der Waals surface area contributed by atoms with Crippen LogP contribution < -0.4 is 15.0 Å². The van der Waals surface area contributed by atoms with E-state index in [0.29, 0.717) is 19.7 Å². The van der Waals surface area contributed by atoms with Crippen LogP contribution in [0.5, 0.6) is 5.75 Å². The predicted molar refractivity (Wildman–Crippen MR) is 132 cm³/mol. The molecule has 3 aromatic rings. The standard InChI is InChI=1S/C26H34N6O2/c1-2-34-21-11-9-19(10-12-21)13-14-27-26(33)20-7-6-15-31(17-20)24-23-25(29-18-28-24)32-16-5-3-4-8-22(32)30-23/h9-12,18,20H,2-8,13-17H2,1H3,(H,27,33)/t20-/m0/s1. The second-order valence-corrected chi connectivity index (χ2v) is 9.26. The highest BCUT2D eigenvalue weighted by molar-refractivity contribution is 5.85. The van der Waals surface area contributed by atoms with Gasteiger partial charge in [-0.25, -0.2) is 15.0 Å². The van der Waals surface area contributed by atoms with Crippen LogP contribution in [0, 0.1) is 5.92 Å². The van der Waals surface area contributed by atoms with E-state index in [-0.39, 0.29) is 11.8 Å². The zero-order valence-electron chi connectivity index (χ0n) is 20.0. The van der Waals surface area contributed by atoms with Gasteiger partial charge in [0.05, 0.1) is 12.5 Å². The van der Waals surface area contributed by atoms with Crippen molar-refractivity contribution in [1.82, 2.24) is 24.8 Å². The molecule has 1 fully saturated rings. The van der Waals surface area contributed by atoms with Gasteiger partial charge in [-0.05, 0) is 56.7 Å². The summed E-state index contributed by atoms with van der Waals surface area (Å²) in [5.41, 5.74) is 3.01. The van der Waals surface area contributed by atoms with Gasteiger partial charge in [0.1, 0.15) is 17.9 Å². The molecule has 1 amide bonds. The Bertz CT molecular complexity index is 1130.